The number of amides is 1. The normalized spacial score (nSPS) is 13.8. The third-order valence-electron chi connectivity index (χ3n) is 4.81. The quantitative estimate of drug-likeness (QED) is 0.691. The van der Waals surface area contributed by atoms with Crippen molar-refractivity contribution in [3.63, 3.8) is 0 Å². The summed E-state index contributed by atoms with van der Waals surface area (Å²) in [5.41, 5.74) is 1.74. The van der Waals surface area contributed by atoms with Crippen LogP contribution in [0.4, 0.5) is 10.5 Å². The molecule has 1 aliphatic rings. The van der Waals surface area contributed by atoms with Crippen molar-refractivity contribution in [2.24, 2.45) is 0 Å². The van der Waals surface area contributed by atoms with Crippen molar-refractivity contribution in [1.29, 1.82) is 0 Å². The molecule has 0 radical (unpaired) electrons. The molecule has 9 nitrogen and oxygen atoms in total. The molecule has 1 aliphatic heterocycles. The summed E-state index contributed by atoms with van der Waals surface area (Å²) in [5, 5.41) is 4.33. The van der Waals surface area contributed by atoms with Gasteiger partial charge < -0.3 is 19.3 Å². The number of piperazine rings is 1. The van der Waals surface area contributed by atoms with E-state index in [0.29, 0.717) is 44.2 Å². The minimum atomic E-state index is -0.596. The lowest BCUT2D eigenvalue weighted by atomic mass is 10.2. The number of ether oxygens (including phenoxy) is 2. The standard InChI is InChI=1S/C21H26N4O5/c1-4-29-20(27)19-17(23-10-12-24(13-11-23)21(28)30-5-2)14-18(26)25(22-19)16-8-6-15(3)7-9-16/h6-9,14H,4-5,10-13H2,1-3H3. The average Bonchev–Trinajstić information content (AvgIpc) is 2.75. The summed E-state index contributed by atoms with van der Waals surface area (Å²) in [4.78, 5) is 40.8. The highest BCUT2D eigenvalue weighted by molar-refractivity contribution is 5.93. The van der Waals surface area contributed by atoms with Crippen molar-refractivity contribution in [1.82, 2.24) is 14.7 Å². The monoisotopic (exact) mass is 414 g/mol. The van der Waals surface area contributed by atoms with Gasteiger partial charge in [-0.25, -0.2) is 9.59 Å². The fraction of sp³-hybridized carbons (Fsp3) is 0.429. The Kier molecular flexibility index (Phi) is 6.71. The predicted molar refractivity (Wildman–Crippen MR) is 111 cm³/mol. The molecule has 1 aromatic carbocycles. The van der Waals surface area contributed by atoms with Crippen LogP contribution in [0.15, 0.2) is 35.1 Å². The van der Waals surface area contributed by atoms with Crippen molar-refractivity contribution in [3.05, 3.63) is 51.9 Å². The van der Waals surface area contributed by atoms with Crippen LogP contribution in [0.5, 0.6) is 0 Å². The molecule has 0 saturated carbocycles. The van der Waals surface area contributed by atoms with Crippen LogP contribution >= 0.6 is 0 Å². The van der Waals surface area contributed by atoms with Crippen LogP contribution in [-0.2, 0) is 9.47 Å². The van der Waals surface area contributed by atoms with E-state index in [1.54, 1.807) is 30.9 Å². The van der Waals surface area contributed by atoms with E-state index in [1.807, 2.05) is 24.0 Å². The summed E-state index contributed by atoms with van der Waals surface area (Å²) in [6.45, 7) is 7.66. The zero-order valence-corrected chi connectivity index (χ0v) is 17.5. The highest BCUT2D eigenvalue weighted by Crippen LogP contribution is 2.21. The Morgan fingerprint density at radius 3 is 2.23 bits per heavy atom. The van der Waals surface area contributed by atoms with Gasteiger partial charge in [0, 0.05) is 32.2 Å². The Bertz CT molecular complexity index is 962. The first-order valence-corrected chi connectivity index (χ1v) is 9.99. The Labute approximate surface area is 174 Å². The zero-order chi connectivity index (χ0) is 21.7. The van der Waals surface area contributed by atoms with E-state index in [0.717, 1.165) is 5.56 Å². The van der Waals surface area contributed by atoms with Crippen LogP contribution in [0, 0.1) is 6.92 Å². The Morgan fingerprint density at radius 2 is 1.63 bits per heavy atom. The van der Waals surface area contributed by atoms with E-state index >= 15 is 0 Å². The molecule has 0 atom stereocenters. The number of carbonyl (C=O) groups excluding carboxylic acids is 2. The van der Waals surface area contributed by atoms with E-state index in [9.17, 15) is 14.4 Å². The Balaban J connectivity index is 1.93. The number of rotatable bonds is 5. The second-order valence-corrected chi connectivity index (χ2v) is 6.86. The summed E-state index contributed by atoms with van der Waals surface area (Å²) in [6.07, 6.45) is -0.365. The minimum Gasteiger partial charge on any atom is -0.461 e. The van der Waals surface area contributed by atoms with Crippen LogP contribution in [0.25, 0.3) is 5.69 Å². The molecule has 0 bridgehead atoms. The molecule has 2 aromatic rings. The molecule has 1 amide bonds. The molecule has 1 fully saturated rings. The van der Waals surface area contributed by atoms with Crippen LogP contribution in [-0.4, -0.2) is 66.1 Å². The average molecular weight is 414 g/mol. The SMILES string of the molecule is CCOC(=O)c1nn(-c2ccc(C)cc2)c(=O)cc1N1CCN(C(=O)OCC)CC1. The third kappa shape index (κ3) is 4.61. The maximum atomic E-state index is 12.8. The second kappa shape index (κ2) is 9.43. The Hall–Kier alpha value is -3.36. The molecule has 2 heterocycles. The molecule has 1 aromatic heterocycles. The van der Waals surface area contributed by atoms with Gasteiger partial charge in [0.1, 0.15) is 0 Å². The lowest BCUT2D eigenvalue weighted by Crippen LogP contribution is -2.49. The van der Waals surface area contributed by atoms with Crippen molar-refractivity contribution < 1.29 is 19.1 Å². The summed E-state index contributed by atoms with van der Waals surface area (Å²) in [6, 6.07) is 8.69. The van der Waals surface area contributed by atoms with E-state index in [4.69, 9.17) is 9.47 Å². The lowest BCUT2D eigenvalue weighted by Gasteiger charge is -2.35. The molecule has 9 heteroatoms. The fourth-order valence-electron chi connectivity index (χ4n) is 3.25. The number of anilines is 1. The van der Waals surface area contributed by atoms with E-state index < -0.39 is 5.97 Å². The van der Waals surface area contributed by atoms with Gasteiger partial charge in [-0.1, -0.05) is 17.7 Å². The lowest BCUT2D eigenvalue weighted by molar-refractivity contribution is 0.0517. The summed E-state index contributed by atoms with van der Waals surface area (Å²) < 4.78 is 11.4. The fourth-order valence-corrected chi connectivity index (χ4v) is 3.25. The molecule has 30 heavy (non-hydrogen) atoms. The number of nitrogens with zero attached hydrogens (tertiary/aromatic N) is 4. The highest BCUT2D eigenvalue weighted by atomic mass is 16.6. The number of benzene rings is 1. The maximum Gasteiger partial charge on any atom is 0.409 e. The molecule has 0 spiro atoms. The van der Waals surface area contributed by atoms with Gasteiger partial charge in [-0.05, 0) is 32.9 Å². The first-order valence-electron chi connectivity index (χ1n) is 9.99. The van der Waals surface area contributed by atoms with E-state index in [2.05, 4.69) is 5.10 Å². The molecule has 0 unspecified atom stereocenters. The van der Waals surface area contributed by atoms with Gasteiger partial charge in [0.05, 0.1) is 24.6 Å². The van der Waals surface area contributed by atoms with Crippen LogP contribution in [0.3, 0.4) is 0 Å². The number of aromatic nitrogens is 2. The smallest absolute Gasteiger partial charge is 0.409 e. The van der Waals surface area contributed by atoms with Gasteiger partial charge in [0.25, 0.3) is 5.56 Å². The molecule has 1 saturated heterocycles. The van der Waals surface area contributed by atoms with Crippen LogP contribution in [0.1, 0.15) is 29.9 Å². The van der Waals surface area contributed by atoms with Gasteiger partial charge in [-0.3, -0.25) is 4.79 Å². The third-order valence-corrected chi connectivity index (χ3v) is 4.81. The summed E-state index contributed by atoms with van der Waals surface area (Å²) >= 11 is 0. The topological polar surface area (TPSA) is 94.0 Å². The van der Waals surface area contributed by atoms with Crippen molar-refractivity contribution >= 4 is 17.7 Å². The van der Waals surface area contributed by atoms with E-state index in [-0.39, 0.29) is 24.0 Å². The molecule has 0 N–H and O–H groups in total. The van der Waals surface area contributed by atoms with Gasteiger partial charge >= 0.3 is 12.1 Å². The van der Waals surface area contributed by atoms with Crippen molar-refractivity contribution in [2.45, 2.75) is 20.8 Å². The van der Waals surface area contributed by atoms with Gasteiger partial charge in [-0.15, -0.1) is 0 Å². The maximum absolute atomic E-state index is 12.8. The number of esters is 1. The number of hydrogen-bond donors (Lipinski definition) is 0. The first-order chi connectivity index (χ1) is 14.4. The molecular weight excluding hydrogens is 388 g/mol. The molecular formula is C21H26N4O5. The van der Waals surface area contributed by atoms with Gasteiger partial charge in [-0.2, -0.15) is 9.78 Å². The van der Waals surface area contributed by atoms with E-state index in [1.165, 1.54) is 10.7 Å². The van der Waals surface area contributed by atoms with Gasteiger partial charge in [0.15, 0.2) is 5.69 Å². The number of aryl methyl sites for hydroxylation is 1. The Morgan fingerprint density at radius 1 is 1.00 bits per heavy atom. The molecule has 160 valence electrons. The second-order valence-electron chi connectivity index (χ2n) is 6.86. The largest absolute Gasteiger partial charge is 0.461 e. The van der Waals surface area contributed by atoms with Crippen molar-refractivity contribution in [3.8, 4) is 5.69 Å². The molecule has 3 rings (SSSR count). The molecule has 0 aliphatic carbocycles. The predicted octanol–water partition coefficient (Wildman–Crippen LogP) is 2.00. The minimum absolute atomic E-state index is 0.0709. The van der Waals surface area contributed by atoms with Gasteiger partial charge in [0.2, 0.25) is 0 Å². The summed E-state index contributed by atoms with van der Waals surface area (Å²) in [7, 11) is 0. The highest BCUT2D eigenvalue weighted by Gasteiger charge is 2.27. The van der Waals surface area contributed by atoms with Crippen LogP contribution < -0.4 is 10.5 Å². The zero-order valence-electron chi connectivity index (χ0n) is 17.5. The van der Waals surface area contributed by atoms with Crippen LogP contribution in [0.2, 0.25) is 0 Å². The summed E-state index contributed by atoms with van der Waals surface area (Å²) in [5.74, 6) is -0.596. The first kappa shape index (κ1) is 21.4. The van der Waals surface area contributed by atoms with Crippen molar-refractivity contribution in [2.75, 3.05) is 44.3 Å². The number of carbonyl (C=O) groups is 2. The number of hydrogen-bond acceptors (Lipinski definition) is 7.